The predicted octanol–water partition coefficient (Wildman–Crippen LogP) is -0.908. The Bertz CT molecular complexity index is 8.00. The zero-order valence-corrected chi connectivity index (χ0v) is 2.18. The first-order chi connectivity index (χ1) is 0. The number of rotatable bonds is 0. The zero-order chi connectivity index (χ0) is 0. The van der Waals surface area contributed by atoms with Gasteiger partial charge in [0.2, 0.25) is 0 Å². The third-order valence-corrected chi connectivity index (χ3v) is 0. The van der Waals surface area contributed by atoms with Crippen molar-refractivity contribution in [2.24, 2.45) is 0 Å². The van der Waals surface area contributed by atoms with Crippen molar-refractivity contribution in [3.05, 3.63) is 6.15 Å². The van der Waals surface area contributed by atoms with Crippen LogP contribution in [0.3, 0.4) is 0 Å². The van der Waals surface area contributed by atoms with Crippen molar-refractivity contribution in [1.29, 1.82) is 0 Å². The minimum Gasteiger partial charge on any atom is -3.00 e. The van der Waals surface area contributed by atoms with Gasteiger partial charge in [-0.05, 0) is 11.0 Å². The molecule has 0 bridgehead atoms. The van der Waals surface area contributed by atoms with Crippen molar-refractivity contribution in [3.63, 3.8) is 0 Å². The van der Waals surface area contributed by atoms with Crippen LogP contribution in [0.25, 0.3) is 6.15 Å². The Hall–Kier alpha value is 0.709. The van der Waals surface area contributed by atoms with E-state index in [2.05, 4.69) is 0 Å². The van der Waals surface area contributed by atoms with E-state index in [1.165, 1.54) is 0 Å². The van der Waals surface area contributed by atoms with Gasteiger partial charge in [-0.25, -0.2) is 0 Å². The minimum atomic E-state index is 0. The molecule has 1 nitrogen and oxygen atoms in total. The van der Waals surface area contributed by atoms with Crippen LogP contribution in [-0.4, -0.2) is 28.3 Å². The van der Waals surface area contributed by atoms with Gasteiger partial charge in [0.1, 0.15) is 0 Å². The van der Waals surface area contributed by atoms with Gasteiger partial charge in [0.05, 0.1) is 0 Å². The van der Waals surface area contributed by atoms with Gasteiger partial charge < -0.3 is 6.15 Å². The van der Waals surface area contributed by atoms with E-state index in [4.69, 9.17) is 0 Å². The Morgan fingerprint density at radius 1 is 1.00 bits per heavy atom. The summed E-state index contributed by atoms with van der Waals surface area (Å²) in [5.41, 5.74) is 0. The molecule has 0 fully saturated rings. The summed E-state index contributed by atoms with van der Waals surface area (Å²) in [6, 6.07) is 0. The average molecular weight is 89.1 g/mol. The normalized spacial score (nSPS) is 0. The first-order valence-corrected chi connectivity index (χ1v) is 0. The van der Waals surface area contributed by atoms with E-state index in [1.54, 1.807) is 0 Å². The van der Waals surface area contributed by atoms with Crippen molar-refractivity contribution < 1.29 is 0 Å². The predicted molar refractivity (Wildman–Crippen MR) is 27.2 cm³/mol. The number of hydrogen-bond donors (Lipinski definition) is 0. The number of hydrogen-bond acceptors (Lipinski definition) is 0. The van der Waals surface area contributed by atoms with E-state index in [-0.39, 0.29) is 41.9 Å². The summed E-state index contributed by atoms with van der Waals surface area (Å²) in [5.74, 6) is 0. The molecule has 0 aliphatic heterocycles. The molecular formula is CH8AlNSi. The Morgan fingerprint density at radius 3 is 1.00 bits per heavy atom. The van der Waals surface area contributed by atoms with Crippen LogP contribution < -0.4 is 0 Å². The van der Waals surface area contributed by atoms with Gasteiger partial charge in [-0.1, -0.05) is 7.43 Å². The Morgan fingerprint density at radius 2 is 1.00 bits per heavy atom. The van der Waals surface area contributed by atoms with Gasteiger partial charge in [0.25, 0.3) is 0 Å². The molecular weight excluding hydrogens is 81.1 g/mol. The molecule has 24 valence electrons. The second-order valence-corrected chi connectivity index (χ2v) is 0. The maximum atomic E-state index is 0. The molecule has 0 amide bonds. The van der Waals surface area contributed by atoms with Crippen LogP contribution in [0.4, 0.5) is 0 Å². The average Bonchev–Trinajstić information content (AvgIpc) is 0. The summed E-state index contributed by atoms with van der Waals surface area (Å²) in [6.07, 6.45) is 0. The summed E-state index contributed by atoms with van der Waals surface area (Å²) >= 11 is 0. The summed E-state index contributed by atoms with van der Waals surface area (Å²) in [4.78, 5) is 0. The van der Waals surface area contributed by atoms with Crippen molar-refractivity contribution in [2.75, 3.05) is 0 Å². The molecule has 0 saturated heterocycles. The van der Waals surface area contributed by atoms with E-state index in [0.29, 0.717) is 0 Å². The third-order valence-electron chi connectivity index (χ3n) is 0. The van der Waals surface area contributed by atoms with E-state index in [1.807, 2.05) is 0 Å². The molecule has 0 spiro atoms. The molecule has 0 N–H and O–H groups in total. The van der Waals surface area contributed by atoms with Crippen LogP contribution >= 0.6 is 0 Å². The third kappa shape index (κ3) is 15.7. The van der Waals surface area contributed by atoms with Gasteiger partial charge >= 0.3 is 17.4 Å². The van der Waals surface area contributed by atoms with E-state index in [9.17, 15) is 0 Å². The second-order valence-electron chi connectivity index (χ2n) is 0. The standard InChI is InChI=1S/CH4.Al.N.H4Si/h1H4;;;1H4/q;+3;-3;. The van der Waals surface area contributed by atoms with Crippen molar-refractivity contribution in [1.82, 2.24) is 0 Å². The van der Waals surface area contributed by atoms with Crippen LogP contribution in [0.1, 0.15) is 7.43 Å². The van der Waals surface area contributed by atoms with Crippen LogP contribution in [-0.2, 0) is 0 Å². The van der Waals surface area contributed by atoms with Crippen LogP contribution in [0.5, 0.6) is 0 Å². The molecule has 4 heavy (non-hydrogen) atoms. The van der Waals surface area contributed by atoms with Gasteiger partial charge in [-0.3, -0.25) is 0 Å². The summed E-state index contributed by atoms with van der Waals surface area (Å²) in [5, 5.41) is 0. The smallest absolute Gasteiger partial charge is 3.00 e. The van der Waals surface area contributed by atoms with Crippen molar-refractivity contribution >= 4 is 28.3 Å². The van der Waals surface area contributed by atoms with E-state index < -0.39 is 0 Å². The quantitative estimate of drug-likeness (QED) is 0.344. The Balaban J connectivity index is 0. The monoisotopic (exact) mass is 89.0 g/mol. The van der Waals surface area contributed by atoms with Crippen LogP contribution in [0.15, 0.2) is 0 Å². The molecule has 0 aliphatic rings. The summed E-state index contributed by atoms with van der Waals surface area (Å²) in [7, 11) is 0. The summed E-state index contributed by atoms with van der Waals surface area (Å²) in [6.45, 7) is 0. The minimum absolute atomic E-state index is 0. The maximum absolute atomic E-state index is 0. The molecule has 0 unspecified atom stereocenters. The van der Waals surface area contributed by atoms with Crippen LogP contribution in [0, 0.1) is 0 Å². The largest absolute Gasteiger partial charge is 3.00 e. The Labute approximate surface area is 42.5 Å². The first-order valence-electron chi connectivity index (χ1n) is 0. The Kier molecular flexibility index (Phi) is 1740. The fraction of sp³-hybridized carbons (Fsp3) is 1.00. The van der Waals surface area contributed by atoms with Gasteiger partial charge in [0, 0.05) is 0 Å². The topological polar surface area (TPSA) is 30.5 Å². The molecule has 0 radical (unpaired) electrons. The van der Waals surface area contributed by atoms with Crippen LogP contribution in [0.2, 0.25) is 0 Å². The fourth-order valence-corrected chi connectivity index (χ4v) is 0. The van der Waals surface area contributed by atoms with E-state index in [0.717, 1.165) is 0 Å². The molecule has 0 rings (SSSR count). The zero-order valence-electron chi connectivity index (χ0n) is 1.02. The van der Waals surface area contributed by atoms with Gasteiger partial charge in [-0.2, -0.15) is 0 Å². The van der Waals surface area contributed by atoms with Crippen molar-refractivity contribution in [3.8, 4) is 0 Å². The molecule has 0 heterocycles. The maximum Gasteiger partial charge on any atom is 3.00 e. The molecule has 3 heteroatoms. The fourth-order valence-electron chi connectivity index (χ4n) is 0. The van der Waals surface area contributed by atoms with Crippen molar-refractivity contribution in [2.45, 2.75) is 7.43 Å². The second kappa shape index (κ2) is 54.1. The molecule has 0 aliphatic carbocycles. The number of nitrogens with zero attached hydrogens (tertiary/aromatic N) is 1. The summed E-state index contributed by atoms with van der Waals surface area (Å²) < 4.78 is 0. The van der Waals surface area contributed by atoms with Gasteiger partial charge in [-0.15, -0.1) is 0 Å². The van der Waals surface area contributed by atoms with E-state index >= 15 is 0 Å². The molecule has 0 saturated carbocycles. The SMILES string of the molecule is C.[Al+3].[N-3].[SiH4]. The molecule has 0 aromatic rings. The van der Waals surface area contributed by atoms with Gasteiger partial charge in [0.15, 0.2) is 0 Å². The molecule has 0 aromatic carbocycles. The molecule has 0 aromatic heterocycles. The first kappa shape index (κ1) is 129. The molecule has 0 atom stereocenters.